The van der Waals surface area contributed by atoms with Crippen LogP contribution in [0.4, 0.5) is 20.2 Å². The number of halogens is 2. The molecule has 2 amide bonds. The molecule has 0 bridgehead atoms. The normalized spacial score (nSPS) is 19.4. The highest BCUT2D eigenvalue weighted by Crippen LogP contribution is 2.33. The van der Waals surface area contributed by atoms with Crippen molar-refractivity contribution in [1.29, 1.82) is 0 Å². The first-order valence-corrected chi connectivity index (χ1v) is 6.22. The molecule has 1 atom stereocenters. The standard InChI is InChI=1S/C13H15F2N3O2/c1-2-9-13(20)17-11(19)6-18(9)10-4-3-7(16)5-8(10)12(14)15/h3-5,9,12H,2,6,16H2,1H3,(H,17,19,20). The molecule has 0 aliphatic carbocycles. The van der Waals surface area contributed by atoms with Crippen LogP contribution in [0.15, 0.2) is 18.2 Å². The Morgan fingerprint density at radius 1 is 1.45 bits per heavy atom. The molecule has 1 unspecified atom stereocenters. The second kappa shape index (κ2) is 5.44. The third kappa shape index (κ3) is 2.56. The zero-order valence-electron chi connectivity index (χ0n) is 10.9. The minimum atomic E-state index is -2.73. The lowest BCUT2D eigenvalue weighted by molar-refractivity contribution is -0.132. The molecule has 1 heterocycles. The van der Waals surface area contributed by atoms with Gasteiger partial charge in [0.2, 0.25) is 11.8 Å². The van der Waals surface area contributed by atoms with Gasteiger partial charge in [0, 0.05) is 16.9 Å². The third-order valence-corrected chi connectivity index (χ3v) is 3.24. The predicted octanol–water partition coefficient (Wildman–Crippen LogP) is 1.45. The van der Waals surface area contributed by atoms with Crippen LogP contribution in [-0.2, 0) is 9.59 Å². The molecule has 0 saturated carbocycles. The first kappa shape index (κ1) is 14.2. The number of nitrogen functional groups attached to an aromatic ring is 1. The molecular formula is C13H15F2N3O2. The summed E-state index contributed by atoms with van der Waals surface area (Å²) in [6.45, 7) is 1.63. The summed E-state index contributed by atoms with van der Waals surface area (Å²) in [5.41, 5.74) is 5.63. The number of carbonyl (C=O) groups excluding carboxylic acids is 2. The van der Waals surface area contributed by atoms with Crippen molar-refractivity contribution in [3.05, 3.63) is 23.8 Å². The Morgan fingerprint density at radius 2 is 2.15 bits per heavy atom. The van der Waals surface area contributed by atoms with Gasteiger partial charge in [0.1, 0.15) is 6.04 Å². The number of nitrogens with two attached hydrogens (primary N) is 1. The molecule has 0 aromatic heterocycles. The van der Waals surface area contributed by atoms with Crippen molar-refractivity contribution in [2.75, 3.05) is 17.2 Å². The number of piperazine rings is 1. The Kier molecular flexibility index (Phi) is 3.87. The van der Waals surface area contributed by atoms with E-state index < -0.39 is 24.3 Å². The molecule has 1 saturated heterocycles. The highest BCUT2D eigenvalue weighted by atomic mass is 19.3. The summed E-state index contributed by atoms with van der Waals surface area (Å²) < 4.78 is 26.2. The molecule has 2 rings (SSSR count). The molecule has 7 heteroatoms. The number of alkyl halides is 2. The van der Waals surface area contributed by atoms with E-state index >= 15 is 0 Å². The number of nitrogens with zero attached hydrogens (tertiary/aromatic N) is 1. The molecule has 5 nitrogen and oxygen atoms in total. The molecule has 0 radical (unpaired) electrons. The maximum Gasteiger partial charge on any atom is 0.265 e. The molecule has 1 aliphatic rings. The summed E-state index contributed by atoms with van der Waals surface area (Å²) in [4.78, 5) is 24.7. The number of imide groups is 1. The van der Waals surface area contributed by atoms with Crippen molar-refractivity contribution < 1.29 is 18.4 Å². The predicted molar refractivity (Wildman–Crippen MR) is 70.4 cm³/mol. The number of nitrogens with one attached hydrogen (secondary N) is 1. The van der Waals surface area contributed by atoms with Crippen LogP contribution in [0.25, 0.3) is 0 Å². The average molecular weight is 283 g/mol. The number of carbonyl (C=O) groups is 2. The molecule has 1 aromatic rings. The van der Waals surface area contributed by atoms with E-state index in [1.54, 1.807) is 6.92 Å². The molecule has 1 aromatic carbocycles. The van der Waals surface area contributed by atoms with Gasteiger partial charge in [-0.15, -0.1) is 0 Å². The second-order valence-corrected chi connectivity index (χ2v) is 4.58. The molecule has 1 aliphatic heterocycles. The van der Waals surface area contributed by atoms with Gasteiger partial charge in [0.15, 0.2) is 0 Å². The van der Waals surface area contributed by atoms with Gasteiger partial charge in [-0.25, -0.2) is 8.78 Å². The Balaban J connectivity index is 2.47. The largest absolute Gasteiger partial charge is 0.399 e. The monoisotopic (exact) mass is 283 g/mol. The van der Waals surface area contributed by atoms with Crippen LogP contribution in [-0.4, -0.2) is 24.4 Å². The van der Waals surface area contributed by atoms with Crippen LogP contribution in [0.5, 0.6) is 0 Å². The quantitative estimate of drug-likeness (QED) is 0.650. The van der Waals surface area contributed by atoms with Gasteiger partial charge in [-0.05, 0) is 24.6 Å². The SMILES string of the molecule is CCC1C(=O)NC(=O)CN1c1ccc(N)cc1C(F)F. The number of amides is 2. The van der Waals surface area contributed by atoms with Gasteiger partial charge >= 0.3 is 0 Å². The number of rotatable bonds is 3. The van der Waals surface area contributed by atoms with Crippen LogP contribution in [0.2, 0.25) is 0 Å². The maximum atomic E-state index is 13.1. The lowest BCUT2D eigenvalue weighted by Gasteiger charge is -2.36. The third-order valence-electron chi connectivity index (χ3n) is 3.24. The van der Waals surface area contributed by atoms with Gasteiger partial charge in [-0.2, -0.15) is 0 Å². The van der Waals surface area contributed by atoms with Gasteiger partial charge in [0.25, 0.3) is 6.43 Å². The highest BCUT2D eigenvalue weighted by molar-refractivity contribution is 6.04. The van der Waals surface area contributed by atoms with Gasteiger partial charge < -0.3 is 10.6 Å². The van der Waals surface area contributed by atoms with Crippen molar-refractivity contribution in [1.82, 2.24) is 5.32 Å². The molecule has 3 N–H and O–H groups in total. The number of hydrogen-bond donors (Lipinski definition) is 2. The molecular weight excluding hydrogens is 268 g/mol. The molecule has 108 valence electrons. The fourth-order valence-corrected chi connectivity index (χ4v) is 2.33. The minimum Gasteiger partial charge on any atom is -0.399 e. The van der Waals surface area contributed by atoms with Crippen molar-refractivity contribution in [3.63, 3.8) is 0 Å². The smallest absolute Gasteiger partial charge is 0.265 e. The Labute approximate surface area is 114 Å². The second-order valence-electron chi connectivity index (χ2n) is 4.58. The maximum absolute atomic E-state index is 13.1. The van der Waals surface area contributed by atoms with Crippen LogP contribution in [0.3, 0.4) is 0 Å². The van der Waals surface area contributed by atoms with Crippen LogP contribution in [0, 0.1) is 0 Å². The van der Waals surface area contributed by atoms with Gasteiger partial charge in [0.05, 0.1) is 6.54 Å². The summed E-state index contributed by atoms with van der Waals surface area (Å²) >= 11 is 0. The first-order chi connectivity index (χ1) is 9.43. The van der Waals surface area contributed by atoms with Crippen molar-refractivity contribution in [2.45, 2.75) is 25.8 Å². The van der Waals surface area contributed by atoms with Crippen LogP contribution < -0.4 is 16.0 Å². The van der Waals surface area contributed by atoms with Crippen molar-refractivity contribution in [3.8, 4) is 0 Å². The fraction of sp³-hybridized carbons (Fsp3) is 0.385. The molecule has 1 fully saturated rings. The Bertz CT molecular complexity index is 548. The fourth-order valence-electron chi connectivity index (χ4n) is 2.33. The minimum absolute atomic E-state index is 0.131. The zero-order valence-corrected chi connectivity index (χ0v) is 10.9. The number of hydrogen-bond acceptors (Lipinski definition) is 4. The summed E-state index contributed by atoms with van der Waals surface area (Å²) in [6, 6.07) is 3.42. The van der Waals surface area contributed by atoms with E-state index in [0.29, 0.717) is 6.42 Å². The Morgan fingerprint density at radius 3 is 2.75 bits per heavy atom. The topological polar surface area (TPSA) is 75.4 Å². The molecule has 20 heavy (non-hydrogen) atoms. The van der Waals surface area contributed by atoms with E-state index in [2.05, 4.69) is 5.32 Å². The van der Waals surface area contributed by atoms with E-state index in [1.165, 1.54) is 23.1 Å². The van der Waals surface area contributed by atoms with E-state index in [4.69, 9.17) is 5.73 Å². The van der Waals surface area contributed by atoms with E-state index in [9.17, 15) is 18.4 Å². The van der Waals surface area contributed by atoms with E-state index in [-0.39, 0.29) is 23.5 Å². The number of anilines is 2. The summed E-state index contributed by atoms with van der Waals surface area (Å²) in [5, 5.41) is 2.21. The van der Waals surface area contributed by atoms with Crippen molar-refractivity contribution in [2.24, 2.45) is 0 Å². The van der Waals surface area contributed by atoms with Crippen LogP contribution >= 0.6 is 0 Å². The van der Waals surface area contributed by atoms with Gasteiger partial charge in [-0.3, -0.25) is 14.9 Å². The average Bonchev–Trinajstić information content (AvgIpc) is 2.37. The Hall–Kier alpha value is -2.18. The summed E-state index contributed by atoms with van der Waals surface area (Å²) in [6.07, 6.45) is -2.32. The van der Waals surface area contributed by atoms with Gasteiger partial charge in [-0.1, -0.05) is 6.92 Å². The first-order valence-electron chi connectivity index (χ1n) is 6.22. The highest BCUT2D eigenvalue weighted by Gasteiger charge is 2.34. The van der Waals surface area contributed by atoms with E-state index in [1.807, 2.05) is 0 Å². The summed E-state index contributed by atoms with van der Waals surface area (Å²) in [5.74, 6) is -0.975. The lowest BCUT2D eigenvalue weighted by atomic mass is 10.0. The number of benzene rings is 1. The van der Waals surface area contributed by atoms with Crippen LogP contribution in [0.1, 0.15) is 25.3 Å². The molecule has 0 spiro atoms. The van der Waals surface area contributed by atoms with E-state index in [0.717, 1.165) is 0 Å². The summed E-state index contributed by atoms with van der Waals surface area (Å²) in [7, 11) is 0. The lowest BCUT2D eigenvalue weighted by Crippen LogP contribution is -2.58. The zero-order chi connectivity index (χ0) is 14.9. The van der Waals surface area contributed by atoms with Crippen molar-refractivity contribution >= 4 is 23.2 Å².